The number of nitrogen functional groups attached to an aromatic ring is 1. The number of hydrogen-bond acceptors (Lipinski definition) is 5. The number of fused-ring (bicyclic) bond motifs is 1. The van der Waals surface area contributed by atoms with E-state index < -0.39 is 0 Å². The van der Waals surface area contributed by atoms with Crippen molar-refractivity contribution >= 4 is 22.4 Å². The second-order valence-corrected chi connectivity index (χ2v) is 8.22. The average molecular weight is 394 g/mol. The highest BCUT2D eigenvalue weighted by molar-refractivity contribution is 5.80. The minimum Gasteiger partial charge on any atom is -0.382 e. The van der Waals surface area contributed by atoms with Gasteiger partial charge in [-0.3, -0.25) is 4.90 Å². The number of anilines is 2. The highest BCUT2D eigenvalue weighted by Gasteiger charge is 2.29. The van der Waals surface area contributed by atoms with Gasteiger partial charge in [0.05, 0.1) is 17.4 Å². The molecule has 5 rings (SSSR count). The van der Waals surface area contributed by atoms with Gasteiger partial charge in [0.2, 0.25) is 0 Å². The van der Waals surface area contributed by atoms with Crippen LogP contribution in [-0.2, 0) is 0 Å². The third-order valence-electron chi connectivity index (χ3n) is 6.62. The average Bonchev–Trinajstić information content (AvgIpc) is 3.20. The molecule has 6 nitrogen and oxygen atoms in total. The molecule has 0 unspecified atom stereocenters. The Bertz CT molecular complexity index is 986. The van der Waals surface area contributed by atoms with Crippen molar-refractivity contribution in [3.05, 3.63) is 48.5 Å². The summed E-state index contributed by atoms with van der Waals surface area (Å²) in [6.07, 6.45) is 8.55. The normalized spacial score (nSPS) is 23.6. The lowest BCUT2D eigenvalue weighted by Crippen LogP contribution is -2.51. The third-order valence-corrected chi connectivity index (χ3v) is 6.62. The van der Waals surface area contributed by atoms with Crippen molar-refractivity contribution in [3.63, 3.8) is 0 Å². The van der Waals surface area contributed by atoms with Gasteiger partial charge in [-0.2, -0.15) is 5.10 Å². The summed E-state index contributed by atoms with van der Waals surface area (Å²) in [7, 11) is 0. The van der Waals surface area contributed by atoms with Gasteiger partial charge in [0.1, 0.15) is 11.6 Å². The molecule has 2 N–H and O–H groups in total. The second kappa shape index (κ2) is 7.63. The molecule has 1 aromatic carbocycles. The Kier molecular flexibility index (Phi) is 4.83. The fourth-order valence-electron chi connectivity index (χ4n) is 5.06. The number of aromatic nitrogens is 3. The van der Waals surface area contributed by atoms with Crippen molar-refractivity contribution in [2.24, 2.45) is 0 Å². The summed E-state index contributed by atoms with van der Waals surface area (Å²) in [6, 6.07) is 10.3. The Balaban J connectivity index is 1.19. The summed E-state index contributed by atoms with van der Waals surface area (Å²) in [5.41, 5.74) is 7.86. The minimum atomic E-state index is -0.126. The van der Waals surface area contributed by atoms with Crippen molar-refractivity contribution in [1.29, 1.82) is 0 Å². The predicted octanol–water partition coefficient (Wildman–Crippen LogP) is 3.46. The van der Waals surface area contributed by atoms with Crippen molar-refractivity contribution in [1.82, 2.24) is 19.7 Å². The zero-order valence-electron chi connectivity index (χ0n) is 16.5. The number of nitrogens with two attached hydrogens (primary N) is 1. The topological polar surface area (TPSA) is 63.2 Å². The Labute approximate surface area is 170 Å². The lowest BCUT2D eigenvalue weighted by molar-refractivity contribution is 0.131. The smallest absolute Gasteiger partial charge is 0.148 e. The van der Waals surface area contributed by atoms with E-state index >= 15 is 0 Å². The van der Waals surface area contributed by atoms with E-state index in [0.29, 0.717) is 17.9 Å². The second-order valence-electron chi connectivity index (χ2n) is 8.22. The van der Waals surface area contributed by atoms with E-state index in [-0.39, 0.29) is 5.82 Å². The lowest BCUT2D eigenvalue weighted by Gasteiger charge is -2.42. The van der Waals surface area contributed by atoms with Gasteiger partial charge in [-0.15, -0.1) is 5.10 Å². The number of piperazine rings is 1. The van der Waals surface area contributed by atoms with E-state index in [1.54, 1.807) is 12.3 Å². The van der Waals surface area contributed by atoms with Gasteiger partial charge >= 0.3 is 0 Å². The first-order valence-corrected chi connectivity index (χ1v) is 10.5. The molecule has 29 heavy (non-hydrogen) atoms. The van der Waals surface area contributed by atoms with E-state index in [1.807, 2.05) is 24.3 Å². The van der Waals surface area contributed by atoms with Gasteiger partial charge in [0.15, 0.2) is 0 Å². The number of benzene rings is 1. The summed E-state index contributed by atoms with van der Waals surface area (Å²) in [5, 5.41) is 8.55. The van der Waals surface area contributed by atoms with Crippen LogP contribution >= 0.6 is 0 Å². The molecule has 0 atom stereocenters. The minimum absolute atomic E-state index is 0.126. The zero-order valence-corrected chi connectivity index (χ0v) is 16.5. The van der Waals surface area contributed by atoms with Crippen LogP contribution in [0.2, 0.25) is 0 Å². The van der Waals surface area contributed by atoms with Crippen LogP contribution in [0.15, 0.2) is 42.7 Å². The fraction of sp³-hybridized carbons (Fsp3) is 0.455. The summed E-state index contributed by atoms with van der Waals surface area (Å²) in [5.74, 6) is 0.347. The SMILES string of the molecule is Nc1cc(N2CCN(C3CCC(n4ccc5c(F)cccc54)CC3)CC2)cnn1. The molecule has 2 aliphatic rings. The molecular formula is C22H27FN6. The first kappa shape index (κ1) is 18.4. The molecule has 1 saturated carbocycles. The maximum absolute atomic E-state index is 14.0. The van der Waals surface area contributed by atoms with Gasteiger partial charge in [0, 0.05) is 55.9 Å². The van der Waals surface area contributed by atoms with Crippen LogP contribution in [0, 0.1) is 5.82 Å². The number of hydrogen-bond donors (Lipinski definition) is 1. The standard InChI is InChI=1S/C22H27FN6/c23-20-2-1-3-21-19(20)8-9-29(21)17-6-4-16(5-7-17)27-10-12-28(13-11-27)18-14-22(24)26-25-15-18/h1-3,8-9,14-17H,4-7,10-13H2,(H2,24,26). The van der Waals surface area contributed by atoms with E-state index in [1.165, 1.54) is 12.8 Å². The van der Waals surface area contributed by atoms with Crippen LogP contribution < -0.4 is 10.6 Å². The molecule has 2 aromatic heterocycles. The maximum Gasteiger partial charge on any atom is 0.148 e. The largest absolute Gasteiger partial charge is 0.382 e. The third kappa shape index (κ3) is 3.55. The van der Waals surface area contributed by atoms with Crippen molar-refractivity contribution in [2.45, 2.75) is 37.8 Å². The first-order valence-electron chi connectivity index (χ1n) is 10.5. The monoisotopic (exact) mass is 394 g/mol. The molecule has 1 aliphatic carbocycles. The van der Waals surface area contributed by atoms with Gasteiger partial charge in [-0.1, -0.05) is 6.07 Å². The van der Waals surface area contributed by atoms with Gasteiger partial charge < -0.3 is 15.2 Å². The first-order chi connectivity index (χ1) is 14.2. The molecule has 2 fully saturated rings. The number of halogens is 1. The molecule has 3 heterocycles. The summed E-state index contributed by atoms with van der Waals surface area (Å²) in [4.78, 5) is 4.98. The summed E-state index contributed by atoms with van der Waals surface area (Å²) >= 11 is 0. The number of nitrogens with zero attached hydrogens (tertiary/aromatic N) is 5. The van der Waals surface area contributed by atoms with Crippen molar-refractivity contribution in [2.75, 3.05) is 36.8 Å². The van der Waals surface area contributed by atoms with Crippen LogP contribution in [0.3, 0.4) is 0 Å². The van der Waals surface area contributed by atoms with Crippen LogP contribution in [0.25, 0.3) is 10.9 Å². The van der Waals surface area contributed by atoms with Crippen molar-refractivity contribution < 1.29 is 4.39 Å². The molecular weight excluding hydrogens is 367 g/mol. The lowest BCUT2D eigenvalue weighted by atomic mass is 9.89. The van der Waals surface area contributed by atoms with E-state index in [2.05, 4.69) is 30.8 Å². The molecule has 0 spiro atoms. The Morgan fingerprint density at radius 3 is 2.48 bits per heavy atom. The molecule has 1 saturated heterocycles. The molecule has 152 valence electrons. The summed E-state index contributed by atoms with van der Waals surface area (Å²) in [6.45, 7) is 4.11. The Morgan fingerprint density at radius 1 is 0.966 bits per heavy atom. The van der Waals surface area contributed by atoms with Gasteiger partial charge in [-0.25, -0.2) is 4.39 Å². The van der Waals surface area contributed by atoms with Gasteiger partial charge in [-0.05, 0) is 43.9 Å². The molecule has 1 aliphatic heterocycles. The maximum atomic E-state index is 14.0. The number of rotatable bonds is 3. The van der Waals surface area contributed by atoms with Crippen LogP contribution in [-0.4, -0.2) is 51.9 Å². The molecule has 0 amide bonds. The highest BCUT2D eigenvalue weighted by atomic mass is 19.1. The fourth-order valence-corrected chi connectivity index (χ4v) is 5.06. The van der Waals surface area contributed by atoms with E-state index in [4.69, 9.17) is 5.73 Å². The summed E-state index contributed by atoms with van der Waals surface area (Å²) < 4.78 is 16.3. The Hall–Kier alpha value is -2.67. The van der Waals surface area contributed by atoms with Gasteiger partial charge in [0.25, 0.3) is 0 Å². The molecule has 0 bridgehead atoms. The quantitative estimate of drug-likeness (QED) is 0.737. The highest BCUT2D eigenvalue weighted by Crippen LogP contribution is 2.34. The van der Waals surface area contributed by atoms with Crippen molar-refractivity contribution in [3.8, 4) is 0 Å². The Morgan fingerprint density at radius 2 is 1.72 bits per heavy atom. The molecule has 0 radical (unpaired) electrons. The van der Waals surface area contributed by atoms with Crippen LogP contribution in [0.1, 0.15) is 31.7 Å². The molecule has 3 aromatic rings. The predicted molar refractivity (Wildman–Crippen MR) is 113 cm³/mol. The zero-order chi connectivity index (χ0) is 19.8. The van der Waals surface area contributed by atoms with Crippen LogP contribution in [0.5, 0.6) is 0 Å². The van der Waals surface area contributed by atoms with Crippen LogP contribution in [0.4, 0.5) is 15.9 Å². The van der Waals surface area contributed by atoms with E-state index in [9.17, 15) is 4.39 Å². The van der Waals surface area contributed by atoms with E-state index in [0.717, 1.165) is 55.6 Å². The molecule has 7 heteroatoms.